The zero-order chi connectivity index (χ0) is 10.3. The van der Waals surface area contributed by atoms with E-state index in [2.05, 4.69) is 0 Å². The van der Waals surface area contributed by atoms with Crippen LogP contribution in [-0.2, 0) is 9.59 Å². The molecule has 0 saturated carbocycles. The Morgan fingerprint density at radius 3 is 2.62 bits per heavy atom. The van der Waals surface area contributed by atoms with Crippen LogP contribution in [0, 0.1) is 0 Å². The number of carboxylic acid groups (broad SMARTS) is 1. The molecule has 0 aromatic rings. The lowest BCUT2D eigenvalue weighted by Crippen LogP contribution is -2.29. The van der Waals surface area contributed by atoms with E-state index in [1.807, 2.05) is 0 Å². The van der Waals surface area contributed by atoms with Crippen LogP contribution >= 0.6 is 11.8 Å². The van der Waals surface area contributed by atoms with Gasteiger partial charge in [0.15, 0.2) is 5.12 Å². The fourth-order valence-electron chi connectivity index (χ4n) is 0.715. The van der Waals surface area contributed by atoms with Crippen molar-refractivity contribution in [2.45, 2.75) is 32.2 Å². The third kappa shape index (κ3) is 6.60. The molecule has 0 radical (unpaired) electrons. The molecule has 13 heavy (non-hydrogen) atoms. The third-order valence-corrected chi connectivity index (χ3v) is 2.63. The molecule has 0 spiro atoms. The molecule has 5 heteroatoms. The Kier molecular flexibility index (Phi) is 6.62. The SMILES string of the molecule is CCC(=O)SCCCC(N)C(=O)O. The highest BCUT2D eigenvalue weighted by Crippen LogP contribution is 2.08. The van der Waals surface area contributed by atoms with Crippen LogP contribution in [0.15, 0.2) is 0 Å². The summed E-state index contributed by atoms with van der Waals surface area (Å²) in [6.45, 7) is 1.80. The number of aliphatic carboxylic acids is 1. The van der Waals surface area contributed by atoms with E-state index in [1.165, 1.54) is 11.8 Å². The van der Waals surface area contributed by atoms with E-state index in [0.29, 0.717) is 25.0 Å². The summed E-state index contributed by atoms with van der Waals surface area (Å²) in [4.78, 5) is 21.1. The highest BCUT2D eigenvalue weighted by molar-refractivity contribution is 8.13. The molecule has 0 aromatic heterocycles. The molecule has 0 aliphatic heterocycles. The van der Waals surface area contributed by atoms with Gasteiger partial charge in [-0.2, -0.15) is 0 Å². The molecular formula is C8H15NO3S. The average Bonchev–Trinajstić information content (AvgIpc) is 2.11. The van der Waals surface area contributed by atoms with Crippen molar-refractivity contribution in [1.82, 2.24) is 0 Å². The van der Waals surface area contributed by atoms with E-state index < -0.39 is 12.0 Å². The molecule has 1 atom stereocenters. The number of hydrogen-bond donors (Lipinski definition) is 2. The minimum absolute atomic E-state index is 0.142. The first-order valence-electron chi connectivity index (χ1n) is 4.22. The van der Waals surface area contributed by atoms with Gasteiger partial charge in [0.2, 0.25) is 0 Å². The quantitative estimate of drug-likeness (QED) is 0.628. The second-order valence-corrected chi connectivity index (χ2v) is 3.81. The molecule has 0 aliphatic rings. The van der Waals surface area contributed by atoms with Gasteiger partial charge in [-0.1, -0.05) is 18.7 Å². The van der Waals surface area contributed by atoms with Crippen LogP contribution < -0.4 is 5.73 Å². The highest BCUT2D eigenvalue weighted by Gasteiger charge is 2.10. The second-order valence-electron chi connectivity index (χ2n) is 2.66. The van der Waals surface area contributed by atoms with Gasteiger partial charge in [-0.25, -0.2) is 0 Å². The van der Waals surface area contributed by atoms with E-state index in [1.54, 1.807) is 6.92 Å². The van der Waals surface area contributed by atoms with Crippen molar-refractivity contribution in [2.24, 2.45) is 5.73 Å². The van der Waals surface area contributed by atoms with Crippen LogP contribution in [0.25, 0.3) is 0 Å². The molecule has 76 valence electrons. The lowest BCUT2D eigenvalue weighted by atomic mass is 10.2. The fraction of sp³-hybridized carbons (Fsp3) is 0.750. The first kappa shape index (κ1) is 12.4. The van der Waals surface area contributed by atoms with Gasteiger partial charge in [-0.15, -0.1) is 0 Å². The van der Waals surface area contributed by atoms with Gasteiger partial charge in [-0.05, 0) is 12.8 Å². The smallest absolute Gasteiger partial charge is 0.320 e. The summed E-state index contributed by atoms with van der Waals surface area (Å²) in [6, 6.07) is -0.794. The minimum atomic E-state index is -0.980. The monoisotopic (exact) mass is 205 g/mol. The number of carbonyl (C=O) groups excluding carboxylic acids is 1. The molecule has 1 unspecified atom stereocenters. The normalized spacial score (nSPS) is 12.5. The Bertz CT molecular complexity index is 184. The van der Waals surface area contributed by atoms with Crippen LogP contribution in [0.2, 0.25) is 0 Å². The average molecular weight is 205 g/mol. The molecule has 0 rings (SSSR count). The predicted octanol–water partition coefficient (Wildman–Crippen LogP) is 0.848. The molecule has 4 nitrogen and oxygen atoms in total. The summed E-state index contributed by atoms with van der Waals surface area (Å²) >= 11 is 1.24. The fourth-order valence-corrected chi connectivity index (χ4v) is 1.46. The van der Waals surface area contributed by atoms with Gasteiger partial charge in [0.05, 0.1) is 0 Å². The molecule has 0 heterocycles. The Labute approximate surface area is 81.9 Å². The molecule has 0 bridgehead atoms. The first-order chi connectivity index (χ1) is 6.07. The summed E-state index contributed by atoms with van der Waals surface area (Å²) in [6.07, 6.45) is 1.62. The van der Waals surface area contributed by atoms with E-state index in [4.69, 9.17) is 10.8 Å². The largest absolute Gasteiger partial charge is 0.480 e. The molecule has 3 N–H and O–H groups in total. The third-order valence-electron chi connectivity index (χ3n) is 1.53. The van der Waals surface area contributed by atoms with Crippen molar-refractivity contribution in [2.75, 3.05) is 5.75 Å². The van der Waals surface area contributed by atoms with Crippen molar-refractivity contribution >= 4 is 22.8 Å². The first-order valence-corrected chi connectivity index (χ1v) is 5.20. The Morgan fingerprint density at radius 1 is 1.54 bits per heavy atom. The van der Waals surface area contributed by atoms with Crippen LogP contribution in [-0.4, -0.2) is 28.0 Å². The molecular weight excluding hydrogens is 190 g/mol. The Balaban J connectivity index is 3.35. The maximum Gasteiger partial charge on any atom is 0.320 e. The van der Waals surface area contributed by atoms with Gasteiger partial charge in [0.1, 0.15) is 6.04 Å². The summed E-state index contributed by atoms with van der Waals surface area (Å²) in [7, 11) is 0. The summed E-state index contributed by atoms with van der Waals surface area (Å²) in [5.74, 6) is -0.319. The predicted molar refractivity (Wildman–Crippen MR) is 52.6 cm³/mol. The van der Waals surface area contributed by atoms with Gasteiger partial charge in [-0.3, -0.25) is 9.59 Å². The maximum atomic E-state index is 10.8. The second kappa shape index (κ2) is 6.91. The van der Waals surface area contributed by atoms with Crippen molar-refractivity contribution in [3.8, 4) is 0 Å². The molecule has 0 saturated heterocycles. The Morgan fingerprint density at radius 2 is 2.15 bits per heavy atom. The topological polar surface area (TPSA) is 80.4 Å². The van der Waals surface area contributed by atoms with Crippen molar-refractivity contribution in [1.29, 1.82) is 0 Å². The van der Waals surface area contributed by atoms with Crippen LogP contribution in [0.1, 0.15) is 26.2 Å². The number of nitrogens with two attached hydrogens (primary N) is 1. The number of carboxylic acids is 1. The van der Waals surface area contributed by atoms with Crippen LogP contribution in [0.4, 0.5) is 0 Å². The van der Waals surface area contributed by atoms with E-state index >= 15 is 0 Å². The zero-order valence-electron chi connectivity index (χ0n) is 7.66. The number of thioether (sulfide) groups is 1. The van der Waals surface area contributed by atoms with Crippen molar-refractivity contribution in [3.63, 3.8) is 0 Å². The van der Waals surface area contributed by atoms with Crippen molar-refractivity contribution < 1.29 is 14.7 Å². The summed E-state index contributed by atoms with van der Waals surface area (Å²) in [5.41, 5.74) is 5.27. The molecule has 0 fully saturated rings. The number of rotatable bonds is 6. The zero-order valence-corrected chi connectivity index (χ0v) is 8.47. The van der Waals surface area contributed by atoms with Gasteiger partial charge in [0, 0.05) is 12.2 Å². The summed E-state index contributed by atoms with van der Waals surface area (Å²) < 4.78 is 0. The van der Waals surface area contributed by atoms with Gasteiger partial charge in [0.25, 0.3) is 0 Å². The molecule has 0 aliphatic carbocycles. The molecule has 0 amide bonds. The van der Waals surface area contributed by atoms with E-state index in [9.17, 15) is 9.59 Å². The van der Waals surface area contributed by atoms with Gasteiger partial charge < -0.3 is 10.8 Å². The lowest BCUT2D eigenvalue weighted by Gasteiger charge is -2.04. The molecule has 0 aromatic carbocycles. The number of hydrogen-bond acceptors (Lipinski definition) is 4. The summed E-state index contributed by atoms with van der Waals surface area (Å²) in [5, 5.41) is 8.58. The number of carbonyl (C=O) groups is 2. The standard InChI is InChI=1S/C8H15NO3S/c1-2-7(10)13-5-3-4-6(9)8(11)12/h6H,2-5,9H2,1H3,(H,11,12). The van der Waals surface area contributed by atoms with Crippen molar-refractivity contribution in [3.05, 3.63) is 0 Å². The van der Waals surface area contributed by atoms with E-state index in [0.717, 1.165) is 0 Å². The van der Waals surface area contributed by atoms with Gasteiger partial charge >= 0.3 is 5.97 Å². The maximum absolute atomic E-state index is 10.8. The minimum Gasteiger partial charge on any atom is -0.480 e. The Hall–Kier alpha value is -0.550. The van der Waals surface area contributed by atoms with Crippen LogP contribution in [0.3, 0.4) is 0 Å². The van der Waals surface area contributed by atoms with E-state index in [-0.39, 0.29) is 5.12 Å². The highest BCUT2D eigenvalue weighted by atomic mass is 32.2. The van der Waals surface area contributed by atoms with Crippen LogP contribution in [0.5, 0.6) is 0 Å². The lowest BCUT2D eigenvalue weighted by molar-refractivity contribution is -0.138.